The molecule has 0 amide bonds. The van der Waals surface area contributed by atoms with E-state index in [1.165, 1.54) is 135 Å². The second-order valence-corrected chi connectivity index (χ2v) is 19.9. The van der Waals surface area contributed by atoms with E-state index in [4.69, 9.17) is 0 Å². The Bertz CT molecular complexity index is 2710. The maximum absolute atomic E-state index is 2.55. The van der Waals surface area contributed by atoms with Gasteiger partial charge in [-0.3, -0.25) is 0 Å². The summed E-state index contributed by atoms with van der Waals surface area (Å²) in [6.45, 7) is 0. The molecule has 7 aromatic carbocycles. The SMILES string of the molecule is c1ccc(N(c2ccccc2)c2ccc(C3(c4ccc(N(c5ccc(C6CCCCC6)cc5)c5cccc6sc7ccccc7c56)cc4)C4CC5CC(C4)CC3C5)cc2)cc1. The third-order valence-electron chi connectivity index (χ3n) is 15.5. The molecule has 5 fully saturated rings. The molecule has 0 spiro atoms. The van der Waals surface area contributed by atoms with Gasteiger partial charge in [-0.2, -0.15) is 0 Å². The van der Waals surface area contributed by atoms with Gasteiger partial charge in [-0.05, 0) is 170 Å². The first-order valence-electron chi connectivity index (χ1n) is 23.1. The Labute approximate surface area is 365 Å². The Kier molecular flexibility index (Phi) is 9.36. The van der Waals surface area contributed by atoms with Crippen LogP contribution in [0.1, 0.15) is 86.8 Å². The van der Waals surface area contributed by atoms with E-state index in [-0.39, 0.29) is 5.41 Å². The molecule has 5 aliphatic carbocycles. The maximum atomic E-state index is 2.55. The number of thiophene rings is 1. The zero-order valence-electron chi connectivity index (χ0n) is 35.0. The van der Waals surface area contributed by atoms with E-state index in [9.17, 15) is 0 Å². The summed E-state index contributed by atoms with van der Waals surface area (Å²) in [6, 6.07) is 67.0. The Morgan fingerprint density at radius 1 is 0.410 bits per heavy atom. The molecule has 302 valence electrons. The van der Waals surface area contributed by atoms with Crippen molar-refractivity contribution in [3.63, 3.8) is 0 Å². The summed E-state index contributed by atoms with van der Waals surface area (Å²) in [5, 5.41) is 2.69. The van der Waals surface area contributed by atoms with Crippen molar-refractivity contribution in [1.82, 2.24) is 0 Å². The van der Waals surface area contributed by atoms with Gasteiger partial charge in [0.1, 0.15) is 0 Å². The van der Waals surface area contributed by atoms with Crippen molar-refractivity contribution in [2.75, 3.05) is 9.80 Å². The van der Waals surface area contributed by atoms with Crippen LogP contribution in [0.2, 0.25) is 0 Å². The molecule has 61 heavy (non-hydrogen) atoms. The quantitative estimate of drug-likeness (QED) is 0.143. The molecule has 0 atom stereocenters. The molecule has 3 heteroatoms. The highest BCUT2D eigenvalue weighted by Crippen LogP contribution is 2.65. The first-order chi connectivity index (χ1) is 30.2. The number of anilines is 6. The van der Waals surface area contributed by atoms with Crippen molar-refractivity contribution in [3.05, 3.63) is 193 Å². The van der Waals surface area contributed by atoms with Gasteiger partial charge in [0, 0.05) is 54.0 Å². The van der Waals surface area contributed by atoms with Crippen LogP contribution in [0.15, 0.2) is 176 Å². The van der Waals surface area contributed by atoms with Crippen LogP contribution in [-0.4, -0.2) is 0 Å². The van der Waals surface area contributed by atoms with Crippen LogP contribution in [-0.2, 0) is 5.41 Å². The Balaban J connectivity index is 0.973. The Morgan fingerprint density at radius 3 is 1.49 bits per heavy atom. The van der Waals surface area contributed by atoms with E-state index >= 15 is 0 Å². The lowest BCUT2D eigenvalue weighted by molar-refractivity contribution is -0.0418. The van der Waals surface area contributed by atoms with Gasteiger partial charge in [0.25, 0.3) is 0 Å². The van der Waals surface area contributed by atoms with Crippen molar-refractivity contribution < 1.29 is 0 Å². The largest absolute Gasteiger partial charge is 0.311 e. The summed E-state index contributed by atoms with van der Waals surface area (Å²) in [4.78, 5) is 4.95. The lowest BCUT2D eigenvalue weighted by Crippen LogP contribution is -2.56. The van der Waals surface area contributed by atoms with Gasteiger partial charge >= 0.3 is 0 Å². The number of benzene rings is 7. The van der Waals surface area contributed by atoms with Crippen molar-refractivity contribution >= 4 is 65.6 Å². The van der Waals surface area contributed by atoms with Crippen LogP contribution in [0, 0.1) is 23.7 Å². The monoisotopic (exact) mass is 810 g/mol. The van der Waals surface area contributed by atoms with Crippen LogP contribution in [0.4, 0.5) is 34.1 Å². The van der Waals surface area contributed by atoms with Gasteiger partial charge in [-0.1, -0.05) is 116 Å². The number of fused-ring (bicyclic) bond motifs is 3. The summed E-state index contributed by atoms with van der Waals surface area (Å²) in [5.41, 5.74) is 11.8. The predicted molar refractivity (Wildman–Crippen MR) is 259 cm³/mol. The highest BCUT2D eigenvalue weighted by Gasteiger charge is 2.58. The first kappa shape index (κ1) is 37.1. The minimum atomic E-state index is 0.00481. The minimum absolute atomic E-state index is 0.00481. The topological polar surface area (TPSA) is 6.48 Å². The second-order valence-electron chi connectivity index (χ2n) is 18.8. The fourth-order valence-electron chi connectivity index (χ4n) is 13.1. The van der Waals surface area contributed by atoms with Crippen LogP contribution < -0.4 is 9.80 Å². The fraction of sp³-hybridized carbons (Fsp3) is 0.276. The zero-order chi connectivity index (χ0) is 40.3. The predicted octanol–water partition coefficient (Wildman–Crippen LogP) is 16.8. The van der Waals surface area contributed by atoms with Crippen LogP contribution >= 0.6 is 11.3 Å². The molecule has 0 saturated heterocycles. The second kappa shape index (κ2) is 15.4. The van der Waals surface area contributed by atoms with Gasteiger partial charge in [-0.15, -0.1) is 11.3 Å². The summed E-state index contributed by atoms with van der Waals surface area (Å²) < 4.78 is 2.69. The van der Waals surface area contributed by atoms with Gasteiger partial charge in [0.05, 0.1) is 5.69 Å². The molecular weight excluding hydrogens is 757 g/mol. The van der Waals surface area contributed by atoms with Crippen LogP contribution in [0.25, 0.3) is 20.2 Å². The van der Waals surface area contributed by atoms with E-state index in [0.29, 0.717) is 17.8 Å². The smallest absolute Gasteiger partial charge is 0.0554 e. The van der Waals surface area contributed by atoms with Gasteiger partial charge < -0.3 is 9.80 Å². The van der Waals surface area contributed by atoms with E-state index in [2.05, 4.69) is 186 Å². The average Bonchev–Trinajstić information content (AvgIpc) is 3.71. The summed E-state index contributed by atoms with van der Waals surface area (Å²) in [6.07, 6.45) is 13.6. The summed E-state index contributed by atoms with van der Waals surface area (Å²) in [7, 11) is 0. The molecule has 4 bridgehead atoms. The van der Waals surface area contributed by atoms with Gasteiger partial charge in [0.2, 0.25) is 0 Å². The zero-order valence-corrected chi connectivity index (χ0v) is 35.8. The molecule has 1 heterocycles. The summed E-state index contributed by atoms with van der Waals surface area (Å²) in [5.74, 6) is 3.77. The molecule has 0 radical (unpaired) electrons. The van der Waals surface area contributed by atoms with Crippen LogP contribution in [0.5, 0.6) is 0 Å². The molecule has 8 aromatic rings. The van der Waals surface area contributed by atoms with Crippen molar-refractivity contribution in [3.8, 4) is 0 Å². The Hall–Kier alpha value is -5.64. The molecular formula is C58H54N2S. The van der Waals surface area contributed by atoms with E-state index in [0.717, 1.165) is 11.8 Å². The molecule has 0 unspecified atom stereocenters. The van der Waals surface area contributed by atoms with Gasteiger partial charge in [0.15, 0.2) is 0 Å². The Morgan fingerprint density at radius 2 is 0.902 bits per heavy atom. The fourth-order valence-corrected chi connectivity index (χ4v) is 14.2. The molecule has 0 N–H and O–H groups in total. The number of rotatable bonds is 9. The lowest BCUT2D eigenvalue weighted by atomic mass is 9.42. The molecule has 0 aliphatic heterocycles. The van der Waals surface area contributed by atoms with Gasteiger partial charge in [-0.25, -0.2) is 0 Å². The standard InChI is InChI=1S/C58H54N2S/c1-4-13-42(14-5-1)43-23-29-51(30-24-43)60(54-20-12-22-56-57(54)53-19-10-11-21-55(53)61-56)52-33-27-45(28-34-52)58(46-36-40-35-41(38-46)39-47(58)37-40)44-25-31-50(32-26-44)59(48-15-6-2-7-16-48)49-17-8-3-9-18-49/h2-3,6-12,15-34,40-42,46-47H,1,4-5,13-14,35-39H2. The highest BCUT2D eigenvalue weighted by atomic mass is 32.1. The molecule has 5 aliphatic rings. The first-order valence-corrected chi connectivity index (χ1v) is 23.9. The minimum Gasteiger partial charge on any atom is -0.311 e. The number of hydrogen-bond donors (Lipinski definition) is 0. The van der Waals surface area contributed by atoms with E-state index in [1.807, 2.05) is 11.3 Å². The maximum Gasteiger partial charge on any atom is 0.0554 e. The van der Waals surface area contributed by atoms with Crippen molar-refractivity contribution in [1.29, 1.82) is 0 Å². The molecule has 5 saturated carbocycles. The third kappa shape index (κ3) is 6.34. The number of nitrogens with zero attached hydrogens (tertiary/aromatic N) is 2. The van der Waals surface area contributed by atoms with Crippen LogP contribution in [0.3, 0.4) is 0 Å². The van der Waals surface area contributed by atoms with E-state index < -0.39 is 0 Å². The number of hydrogen-bond acceptors (Lipinski definition) is 3. The van der Waals surface area contributed by atoms with Crippen molar-refractivity contribution in [2.45, 2.75) is 75.5 Å². The highest BCUT2D eigenvalue weighted by molar-refractivity contribution is 7.26. The molecule has 13 rings (SSSR count). The molecule has 1 aromatic heterocycles. The third-order valence-corrected chi connectivity index (χ3v) is 16.6. The van der Waals surface area contributed by atoms with E-state index in [1.54, 1.807) is 0 Å². The molecule has 2 nitrogen and oxygen atoms in total. The normalized spacial score (nSPS) is 23.4. The average molecular weight is 811 g/mol. The summed E-state index contributed by atoms with van der Waals surface area (Å²) >= 11 is 1.91. The van der Waals surface area contributed by atoms with Crippen molar-refractivity contribution in [2.24, 2.45) is 23.7 Å². The number of para-hydroxylation sites is 2. The lowest BCUT2D eigenvalue weighted by Gasteiger charge is -2.62.